The number of H-pyrrole nitrogens is 1. The molecule has 5 N–H and O–H groups in total. The molecule has 208 valence electrons. The van der Waals surface area contributed by atoms with E-state index in [4.69, 9.17) is 16.5 Å². The molecule has 3 atom stereocenters. The summed E-state index contributed by atoms with van der Waals surface area (Å²) in [5.41, 5.74) is 14.3. The minimum Gasteiger partial charge on any atom is -0.382 e. The number of carbonyl (C=O) groups is 1. The van der Waals surface area contributed by atoms with Gasteiger partial charge in [-0.1, -0.05) is 12.1 Å². The second-order valence-corrected chi connectivity index (χ2v) is 13.2. The van der Waals surface area contributed by atoms with Crippen molar-refractivity contribution in [2.45, 2.75) is 67.0 Å². The summed E-state index contributed by atoms with van der Waals surface area (Å²) in [6.45, 7) is 0. The molecule has 5 heterocycles. The van der Waals surface area contributed by atoms with Crippen LogP contribution < -0.4 is 11.5 Å². The minimum atomic E-state index is -3.79. The monoisotopic (exact) mass is 565 g/mol. The van der Waals surface area contributed by atoms with E-state index in [0.29, 0.717) is 40.9 Å². The van der Waals surface area contributed by atoms with Crippen LogP contribution in [0.5, 0.6) is 0 Å². The Kier molecular flexibility index (Phi) is 5.36. The smallest absolute Gasteiger partial charge is 0.292 e. The highest BCUT2D eigenvalue weighted by Gasteiger charge is 2.46. The van der Waals surface area contributed by atoms with Crippen LogP contribution in [0.25, 0.3) is 16.8 Å². The summed E-state index contributed by atoms with van der Waals surface area (Å²) in [6, 6.07) is 4.66. The van der Waals surface area contributed by atoms with Crippen LogP contribution in [0.1, 0.15) is 66.3 Å². The van der Waals surface area contributed by atoms with Crippen molar-refractivity contribution in [3.8, 4) is 11.1 Å². The summed E-state index contributed by atoms with van der Waals surface area (Å²) in [4.78, 5) is 22.5. The largest absolute Gasteiger partial charge is 0.382 e. The summed E-state index contributed by atoms with van der Waals surface area (Å²) in [6.07, 6.45) is 8.08. The first-order chi connectivity index (χ1) is 19.0. The zero-order chi connectivity index (χ0) is 28.0. The van der Waals surface area contributed by atoms with E-state index in [1.54, 1.807) is 12.1 Å². The van der Waals surface area contributed by atoms with E-state index >= 15 is 4.39 Å². The molecule has 7 rings (SSSR count). The predicted octanol–water partition coefficient (Wildman–Crippen LogP) is 2.14. The molecule has 4 aromatic rings. The lowest BCUT2D eigenvalue weighted by molar-refractivity contribution is 0.0556. The molecule has 1 amide bonds. The van der Waals surface area contributed by atoms with Crippen LogP contribution in [0, 0.1) is 5.82 Å². The molecule has 3 fully saturated rings. The van der Waals surface area contributed by atoms with Crippen molar-refractivity contribution in [1.82, 2.24) is 34.7 Å². The number of nitrogens with zero attached hydrogens (tertiary/aromatic N) is 6. The molecule has 0 unspecified atom stereocenters. The zero-order valence-electron chi connectivity index (χ0n) is 21.7. The van der Waals surface area contributed by atoms with Crippen LogP contribution in [0.4, 0.5) is 10.2 Å². The summed E-state index contributed by atoms with van der Waals surface area (Å²) in [7, 11) is -3.79. The SMILES string of the molecule is CS(=O)(=O)c1c([C@@H]2C[C@H]3CC[C@@H](C2)N3C(=O)c2nnc[nH]2)nc2c(-c3ccc(C4(N)CC4)c(F)c3)cnn2c1N. The number of nitrogens with two attached hydrogens (primary N) is 2. The van der Waals surface area contributed by atoms with Gasteiger partial charge in [-0.2, -0.15) is 9.61 Å². The number of rotatable bonds is 5. The Balaban J connectivity index is 1.31. The number of halogens is 1. The summed E-state index contributed by atoms with van der Waals surface area (Å²) in [5, 5.41) is 11.9. The lowest BCUT2D eigenvalue weighted by Crippen LogP contribution is -2.46. The number of aromatic amines is 1. The van der Waals surface area contributed by atoms with E-state index in [-0.39, 0.29) is 40.4 Å². The van der Waals surface area contributed by atoms with Crippen LogP contribution >= 0.6 is 0 Å². The maximum atomic E-state index is 15.1. The molecule has 1 saturated carbocycles. The first-order valence-corrected chi connectivity index (χ1v) is 15.1. The van der Waals surface area contributed by atoms with E-state index in [9.17, 15) is 13.2 Å². The average Bonchev–Trinajstić information content (AvgIpc) is 3.27. The molecule has 2 saturated heterocycles. The summed E-state index contributed by atoms with van der Waals surface area (Å²) < 4.78 is 42.4. The molecule has 1 aliphatic carbocycles. The third-order valence-electron chi connectivity index (χ3n) is 8.61. The molecule has 2 aliphatic heterocycles. The Morgan fingerprint density at radius 3 is 2.52 bits per heavy atom. The van der Waals surface area contributed by atoms with E-state index in [1.807, 2.05) is 4.90 Å². The molecule has 14 heteroatoms. The molecular weight excluding hydrogens is 537 g/mol. The maximum absolute atomic E-state index is 15.1. The number of aromatic nitrogens is 6. The van der Waals surface area contributed by atoms with Gasteiger partial charge in [0.05, 0.1) is 11.9 Å². The summed E-state index contributed by atoms with van der Waals surface area (Å²) >= 11 is 0. The van der Waals surface area contributed by atoms with Crippen LogP contribution in [0.15, 0.2) is 35.6 Å². The van der Waals surface area contributed by atoms with Crippen molar-refractivity contribution >= 4 is 27.2 Å². The van der Waals surface area contributed by atoms with Crippen LogP contribution in [-0.2, 0) is 15.4 Å². The molecule has 0 radical (unpaired) electrons. The molecule has 40 heavy (non-hydrogen) atoms. The van der Waals surface area contributed by atoms with Gasteiger partial charge < -0.3 is 21.4 Å². The Bertz CT molecular complexity index is 1770. The Morgan fingerprint density at radius 2 is 1.93 bits per heavy atom. The molecule has 2 bridgehead atoms. The lowest BCUT2D eigenvalue weighted by atomic mass is 9.87. The normalized spacial score (nSPS) is 23.6. The van der Waals surface area contributed by atoms with Gasteiger partial charge in [0.15, 0.2) is 15.5 Å². The van der Waals surface area contributed by atoms with Gasteiger partial charge in [-0.25, -0.2) is 17.8 Å². The lowest BCUT2D eigenvalue weighted by Gasteiger charge is -2.38. The molecule has 3 aliphatic rings. The number of hydrogen-bond donors (Lipinski definition) is 3. The Labute approximate surface area is 228 Å². The van der Waals surface area contributed by atoms with Crippen LogP contribution in [-0.4, -0.2) is 67.3 Å². The van der Waals surface area contributed by atoms with Gasteiger partial charge in [0, 0.05) is 40.9 Å². The Morgan fingerprint density at radius 1 is 1.20 bits per heavy atom. The van der Waals surface area contributed by atoms with Crippen LogP contribution in [0.2, 0.25) is 0 Å². The number of amides is 1. The van der Waals surface area contributed by atoms with Crippen molar-refractivity contribution in [1.29, 1.82) is 0 Å². The average molecular weight is 566 g/mol. The number of fused-ring (bicyclic) bond motifs is 3. The Hall–Kier alpha value is -3.91. The standard InChI is InChI=1S/C26H28FN9O3S/c1-40(38,39)21-20(14-8-15-3-4-16(9-14)35(15)25(37)23-30-12-31-34-23)33-24-17(11-32-36(24)22(21)28)13-2-5-18(19(27)10-13)26(29)6-7-26/h2,5,10-12,14-16H,3-4,6-9,28-29H2,1H3,(H,30,31,34)/t14-,15-,16+. The number of sulfone groups is 1. The maximum Gasteiger partial charge on any atom is 0.292 e. The van der Waals surface area contributed by atoms with Crippen molar-refractivity contribution in [3.63, 3.8) is 0 Å². The fraction of sp³-hybridized carbons (Fsp3) is 0.423. The molecule has 0 spiro atoms. The molecular formula is C26H28FN9O3S. The molecule has 1 aromatic carbocycles. The van der Waals surface area contributed by atoms with Crippen molar-refractivity contribution in [3.05, 3.63) is 53.6 Å². The number of piperidine rings is 1. The zero-order valence-corrected chi connectivity index (χ0v) is 22.5. The highest BCUT2D eigenvalue weighted by molar-refractivity contribution is 7.91. The van der Waals surface area contributed by atoms with Gasteiger partial charge >= 0.3 is 0 Å². The number of nitrogens with one attached hydrogen (secondary N) is 1. The van der Waals surface area contributed by atoms with E-state index in [1.165, 1.54) is 23.1 Å². The minimum absolute atomic E-state index is 0.0442. The quantitative estimate of drug-likeness (QED) is 0.327. The molecule has 12 nitrogen and oxygen atoms in total. The number of benzene rings is 1. The fourth-order valence-electron chi connectivity index (χ4n) is 6.53. The van der Waals surface area contributed by atoms with Gasteiger partial charge in [-0.3, -0.25) is 4.79 Å². The highest BCUT2D eigenvalue weighted by Crippen LogP contribution is 2.46. The van der Waals surface area contributed by atoms with Gasteiger partial charge in [-0.05, 0) is 50.2 Å². The topological polar surface area (TPSA) is 178 Å². The van der Waals surface area contributed by atoms with Crippen molar-refractivity contribution in [2.75, 3.05) is 12.0 Å². The predicted molar refractivity (Wildman–Crippen MR) is 142 cm³/mol. The number of carbonyl (C=O) groups excluding carboxylic acids is 1. The second-order valence-electron chi connectivity index (χ2n) is 11.2. The number of hydrogen-bond acceptors (Lipinski definition) is 9. The summed E-state index contributed by atoms with van der Waals surface area (Å²) in [5.74, 6) is -0.748. The third kappa shape index (κ3) is 3.80. The van der Waals surface area contributed by atoms with Gasteiger partial charge in [0.1, 0.15) is 22.9 Å². The van der Waals surface area contributed by atoms with E-state index in [2.05, 4.69) is 20.3 Å². The third-order valence-corrected chi connectivity index (χ3v) is 9.77. The highest BCUT2D eigenvalue weighted by atomic mass is 32.2. The van der Waals surface area contributed by atoms with Crippen LogP contribution in [0.3, 0.4) is 0 Å². The second kappa shape index (κ2) is 8.54. The molecule has 3 aromatic heterocycles. The van der Waals surface area contributed by atoms with Gasteiger partial charge in [-0.15, -0.1) is 10.2 Å². The van der Waals surface area contributed by atoms with Crippen molar-refractivity contribution in [2.24, 2.45) is 5.73 Å². The van der Waals surface area contributed by atoms with Gasteiger partial charge in [0.25, 0.3) is 5.91 Å². The number of anilines is 1. The first kappa shape index (κ1) is 25.1. The fourth-order valence-corrected chi connectivity index (χ4v) is 7.59. The van der Waals surface area contributed by atoms with Crippen molar-refractivity contribution < 1.29 is 17.6 Å². The van der Waals surface area contributed by atoms with E-state index < -0.39 is 21.2 Å². The van der Waals surface area contributed by atoms with E-state index in [0.717, 1.165) is 31.9 Å². The van der Waals surface area contributed by atoms with Gasteiger partial charge in [0.2, 0.25) is 5.82 Å². The first-order valence-electron chi connectivity index (χ1n) is 13.2. The number of nitrogen functional groups attached to an aromatic ring is 1.